The predicted octanol–water partition coefficient (Wildman–Crippen LogP) is 3.66. The van der Waals surface area contributed by atoms with Gasteiger partial charge in [0, 0.05) is 17.6 Å². The van der Waals surface area contributed by atoms with Crippen molar-refractivity contribution in [1.82, 2.24) is 0 Å². The number of nitrogens with two attached hydrogens (primary N) is 1. The first-order valence-electron chi connectivity index (χ1n) is 5.38. The molecule has 0 radical (unpaired) electrons. The maximum atomic E-state index is 6.00. The number of anilines is 2. The third-order valence-corrected chi connectivity index (χ3v) is 3.35. The van der Waals surface area contributed by atoms with Crippen LogP contribution in [-0.2, 0) is 0 Å². The maximum Gasteiger partial charge on any atom is 0.0600 e. The molecule has 15 heavy (non-hydrogen) atoms. The molecule has 0 amide bonds. The highest BCUT2D eigenvalue weighted by Gasteiger charge is 2.13. The van der Waals surface area contributed by atoms with Gasteiger partial charge in [-0.15, -0.1) is 0 Å². The molecule has 2 N–H and O–H groups in total. The van der Waals surface area contributed by atoms with Crippen LogP contribution >= 0.6 is 15.9 Å². The first-order chi connectivity index (χ1) is 7.10. The Bertz CT molecular complexity index is 321. The van der Waals surface area contributed by atoms with E-state index in [4.69, 9.17) is 5.73 Å². The van der Waals surface area contributed by atoms with E-state index in [1.165, 1.54) is 0 Å². The lowest BCUT2D eigenvalue weighted by Crippen LogP contribution is -2.30. The highest BCUT2D eigenvalue weighted by atomic mass is 79.9. The molecule has 1 aromatic carbocycles. The Morgan fingerprint density at radius 2 is 1.93 bits per heavy atom. The minimum Gasteiger partial charge on any atom is -0.397 e. The minimum absolute atomic E-state index is 0.563. The number of nitrogen functional groups attached to an aromatic ring is 1. The van der Waals surface area contributed by atoms with E-state index in [2.05, 4.69) is 47.8 Å². The highest BCUT2D eigenvalue weighted by molar-refractivity contribution is 9.10. The molecule has 3 heteroatoms. The fraction of sp³-hybridized carbons (Fsp3) is 0.500. The van der Waals surface area contributed by atoms with Crippen molar-refractivity contribution < 1.29 is 0 Å². The lowest BCUT2D eigenvalue weighted by molar-refractivity contribution is 0.592. The van der Waals surface area contributed by atoms with Gasteiger partial charge in [-0.05, 0) is 31.0 Å². The molecule has 0 aromatic heterocycles. The van der Waals surface area contributed by atoms with Gasteiger partial charge in [-0.3, -0.25) is 0 Å². The van der Waals surface area contributed by atoms with Gasteiger partial charge in [-0.25, -0.2) is 0 Å². The van der Waals surface area contributed by atoms with E-state index in [0.29, 0.717) is 6.04 Å². The second-order valence-electron chi connectivity index (χ2n) is 3.78. The van der Waals surface area contributed by atoms with Gasteiger partial charge in [0.2, 0.25) is 0 Å². The van der Waals surface area contributed by atoms with Crippen LogP contribution in [0.5, 0.6) is 0 Å². The zero-order chi connectivity index (χ0) is 11.4. The van der Waals surface area contributed by atoms with Gasteiger partial charge in [0.25, 0.3) is 0 Å². The topological polar surface area (TPSA) is 29.3 Å². The number of hydrogen-bond donors (Lipinski definition) is 1. The largest absolute Gasteiger partial charge is 0.397 e. The third kappa shape index (κ3) is 2.88. The van der Waals surface area contributed by atoms with E-state index < -0.39 is 0 Å². The number of rotatable bonds is 4. The molecule has 0 aliphatic rings. The SMILES string of the molecule is CCC(CC)N(C)c1ccc(Br)cc1N. The molecule has 84 valence electrons. The molecule has 0 atom stereocenters. The van der Waals surface area contributed by atoms with E-state index in [-0.39, 0.29) is 0 Å². The van der Waals surface area contributed by atoms with E-state index in [9.17, 15) is 0 Å². The van der Waals surface area contributed by atoms with Gasteiger partial charge >= 0.3 is 0 Å². The van der Waals surface area contributed by atoms with Crippen molar-refractivity contribution >= 4 is 27.3 Å². The molecule has 0 fully saturated rings. The molecule has 0 bridgehead atoms. The first-order valence-corrected chi connectivity index (χ1v) is 6.17. The van der Waals surface area contributed by atoms with Crippen molar-refractivity contribution in [3.8, 4) is 0 Å². The Morgan fingerprint density at radius 3 is 2.40 bits per heavy atom. The van der Waals surface area contributed by atoms with Gasteiger partial charge in [-0.2, -0.15) is 0 Å². The van der Waals surface area contributed by atoms with Gasteiger partial charge in [0.05, 0.1) is 11.4 Å². The maximum absolute atomic E-state index is 6.00. The summed E-state index contributed by atoms with van der Waals surface area (Å²) in [5, 5.41) is 0. The van der Waals surface area contributed by atoms with Crippen molar-refractivity contribution in [2.75, 3.05) is 17.7 Å². The highest BCUT2D eigenvalue weighted by Crippen LogP contribution is 2.28. The lowest BCUT2D eigenvalue weighted by atomic mass is 10.1. The normalized spacial score (nSPS) is 10.7. The van der Waals surface area contributed by atoms with Crippen molar-refractivity contribution in [3.63, 3.8) is 0 Å². The number of nitrogens with zero attached hydrogens (tertiary/aromatic N) is 1. The second kappa shape index (κ2) is 5.40. The van der Waals surface area contributed by atoms with E-state index in [1.54, 1.807) is 0 Å². The van der Waals surface area contributed by atoms with Crippen LogP contribution in [0.2, 0.25) is 0 Å². The summed E-state index contributed by atoms with van der Waals surface area (Å²) in [6.07, 6.45) is 2.28. The minimum atomic E-state index is 0.563. The van der Waals surface area contributed by atoms with Crippen molar-refractivity contribution in [1.29, 1.82) is 0 Å². The molecule has 0 saturated carbocycles. The van der Waals surface area contributed by atoms with Gasteiger partial charge < -0.3 is 10.6 Å². The van der Waals surface area contributed by atoms with Gasteiger partial charge in [0.1, 0.15) is 0 Å². The zero-order valence-corrected chi connectivity index (χ0v) is 11.2. The summed E-state index contributed by atoms with van der Waals surface area (Å²) in [5.74, 6) is 0. The van der Waals surface area contributed by atoms with E-state index in [0.717, 1.165) is 28.7 Å². The molecule has 0 saturated heterocycles. The number of hydrogen-bond acceptors (Lipinski definition) is 2. The Labute approximate surface area is 101 Å². The monoisotopic (exact) mass is 270 g/mol. The quantitative estimate of drug-likeness (QED) is 0.847. The Balaban J connectivity index is 2.94. The van der Waals surface area contributed by atoms with Crippen LogP contribution in [0.3, 0.4) is 0 Å². The van der Waals surface area contributed by atoms with Crippen LogP contribution in [-0.4, -0.2) is 13.1 Å². The van der Waals surface area contributed by atoms with Crippen LogP contribution in [0.25, 0.3) is 0 Å². The first kappa shape index (κ1) is 12.4. The Kier molecular flexibility index (Phi) is 4.45. The van der Waals surface area contributed by atoms with Crippen molar-refractivity contribution in [2.24, 2.45) is 0 Å². The second-order valence-corrected chi connectivity index (χ2v) is 4.70. The van der Waals surface area contributed by atoms with Crippen LogP contribution in [0, 0.1) is 0 Å². The van der Waals surface area contributed by atoms with Crippen LogP contribution < -0.4 is 10.6 Å². The molecule has 1 rings (SSSR count). The molecule has 2 nitrogen and oxygen atoms in total. The Morgan fingerprint density at radius 1 is 1.33 bits per heavy atom. The standard InChI is InChI=1S/C12H19BrN2/c1-4-10(5-2)15(3)12-7-6-9(13)8-11(12)14/h6-8,10H,4-5,14H2,1-3H3. The summed E-state index contributed by atoms with van der Waals surface area (Å²) in [7, 11) is 2.11. The fourth-order valence-electron chi connectivity index (χ4n) is 1.88. The predicted molar refractivity (Wildman–Crippen MR) is 71.3 cm³/mol. The smallest absolute Gasteiger partial charge is 0.0600 e. The molecule has 0 aliphatic carbocycles. The van der Waals surface area contributed by atoms with Crippen molar-refractivity contribution in [2.45, 2.75) is 32.7 Å². The molecule has 0 aliphatic heterocycles. The van der Waals surface area contributed by atoms with Crippen LogP contribution in [0.15, 0.2) is 22.7 Å². The average Bonchev–Trinajstić information content (AvgIpc) is 2.19. The van der Waals surface area contributed by atoms with E-state index >= 15 is 0 Å². The zero-order valence-electron chi connectivity index (χ0n) is 9.63. The molecule has 0 spiro atoms. The summed E-state index contributed by atoms with van der Waals surface area (Å²) in [6, 6.07) is 6.62. The summed E-state index contributed by atoms with van der Waals surface area (Å²) in [6.45, 7) is 4.42. The number of halogens is 1. The molecular weight excluding hydrogens is 252 g/mol. The third-order valence-electron chi connectivity index (χ3n) is 2.86. The van der Waals surface area contributed by atoms with E-state index in [1.807, 2.05) is 12.1 Å². The molecule has 0 heterocycles. The van der Waals surface area contributed by atoms with Gasteiger partial charge in [0.15, 0.2) is 0 Å². The van der Waals surface area contributed by atoms with Crippen molar-refractivity contribution in [3.05, 3.63) is 22.7 Å². The number of benzene rings is 1. The lowest BCUT2D eigenvalue weighted by Gasteiger charge is -2.29. The fourth-order valence-corrected chi connectivity index (χ4v) is 2.26. The summed E-state index contributed by atoms with van der Waals surface area (Å²) >= 11 is 3.42. The van der Waals surface area contributed by atoms with Crippen LogP contribution in [0.4, 0.5) is 11.4 Å². The van der Waals surface area contributed by atoms with Crippen LogP contribution in [0.1, 0.15) is 26.7 Å². The summed E-state index contributed by atoms with van der Waals surface area (Å²) in [5.41, 5.74) is 7.95. The average molecular weight is 271 g/mol. The molecule has 1 aromatic rings. The Hall–Kier alpha value is -0.700. The van der Waals surface area contributed by atoms with Gasteiger partial charge in [-0.1, -0.05) is 29.8 Å². The molecule has 0 unspecified atom stereocenters. The molecular formula is C12H19BrN2. The summed E-state index contributed by atoms with van der Waals surface area (Å²) in [4.78, 5) is 2.27. The summed E-state index contributed by atoms with van der Waals surface area (Å²) < 4.78 is 1.03.